The summed E-state index contributed by atoms with van der Waals surface area (Å²) in [7, 11) is 0. The summed E-state index contributed by atoms with van der Waals surface area (Å²) in [5, 5.41) is 6.53. The molecule has 1 rings (SSSR count). The Morgan fingerprint density at radius 2 is 1.52 bits per heavy atom. The van der Waals surface area contributed by atoms with Gasteiger partial charge in [-0.05, 0) is 38.1 Å². The summed E-state index contributed by atoms with van der Waals surface area (Å²) in [5.74, 6) is 0.887. The van der Waals surface area contributed by atoms with E-state index in [-0.39, 0.29) is 0 Å². The smallest absolute Gasteiger partial charge is 0.191 e. The zero-order valence-electron chi connectivity index (χ0n) is 13.9. The Labute approximate surface area is 129 Å². The first kappa shape index (κ1) is 17.5. The van der Waals surface area contributed by atoms with E-state index in [4.69, 9.17) is 0 Å². The van der Waals surface area contributed by atoms with Gasteiger partial charge in [0.2, 0.25) is 0 Å². The Morgan fingerprint density at radius 3 is 2.05 bits per heavy atom. The van der Waals surface area contributed by atoms with Gasteiger partial charge in [0.05, 0.1) is 6.54 Å². The second-order valence-corrected chi connectivity index (χ2v) is 4.96. The summed E-state index contributed by atoms with van der Waals surface area (Å²) in [5.41, 5.74) is 2.68. The van der Waals surface area contributed by atoms with E-state index in [0.717, 1.165) is 38.7 Å². The minimum atomic E-state index is 0.715. The zero-order chi connectivity index (χ0) is 15.5. The highest BCUT2D eigenvalue weighted by molar-refractivity contribution is 5.79. The summed E-state index contributed by atoms with van der Waals surface area (Å²) in [6, 6.07) is 8.60. The van der Waals surface area contributed by atoms with Crippen LogP contribution in [0.5, 0.6) is 0 Å². The van der Waals surface area contributed by atoms with Gasteiger partial charge in [-0.15, -0.1) is 0 Å². The van der Waals surface area contributed by atoms with Crippen molar-refractivity contribution in [1.29, 1.82) is 0 Å². The van der Waals surface area contributed by atoms with E-state index in [1.165, 1.54) is 11.1 Å². The van der Waals surface area contributed by atoms with Gasteiger partial charge in [-0.2, -0.15) is 0 Å². The van der Waals surface area contributed by atoms with E-state index in [9.17, 15) is 0 Å². The van der Waals surface area contributed by atoms with Crippen LogP contribution in [0.1, 0.15) is 38.8 Å². The SMILES string of the molecule is CCNC(=NCc1ccccc1CN(CC)CC)NCC. The predicted octanol–water partition coefficient (Wildman–Crippen LogP) is 2.60. The molecule has 0 saturated heterocycles. The second-order valence-electron chi connectivity index (χ2n) is 4.96. The molecule has 21 heavy (non-hydrogen) atoms. The van der Waals surface area contributed by atoms with E-state index in [0.29, 0.717) is 6.54 Å². The lowest BCUT2D eigenvalue weighted by Crippen LogP contribution is -2.37. The lowest BCUT2D eigenvalue weighted by Gasteiger charge is -2.20. The fourth-order valence-corrected chi connectivity index (χ4v) is 2.23. The average molecular weight is 290 g/mol. The van der Waals surface area contributed by atoms with Crippen molar-refractivity contribution in [3.05, 3.63) is 35.4 Å². The first-order valence-electron chi connectivity index (χ1n) is 8.06. The van der Waals surface area contributed by atoms with Gasteiger partial charge in [-0.3, -0.25) is 4.90 Å². The number of hydrogen-bond donors (Lipinski definition) is 2. The lowest BCUT2D eigenvalue weighted by molar-refractivity contribution is 0.295. The summed E-state index contributed by atoms with van der Waals surface area (Å²) in [4.78, 5) is 7.10. The summed E-state index contributed by atoms with van der Waals surface area (Å²) in [6.07, 6.45) is 0. The van der Waals surface area contributed by atoms with Crippen LogP contribution in [-0.2, 0) is 13.1 Å². The highest BCUT2D eigenvalue weighted by Gasteiger charge is 2.06. The van der Waals surface area contributed by atoms with Crippen LogP contribution >= 0.6 is 0 Å². The number of aliphatic imine (C=N–C) groups is 1. The second kappa shape index (κ2) is 10.2. The molecule has 0 aliphatic heterocycles. The summed E-state index contributed by atoms with van der Waals surface area (Å²) in [6.45, 7) is 14.2. The molecular weight excluding hydrogens is 260 g/mol. The molecule has 0 radical (unpaired) electrons. The van der Waals surface area contributed by atoms with Crippen molar-refractivity contribution >= 4 is 5.96 Å². The number of benzene rings is 1. The van der Waals surface area contributed by atoms with E-state index in [1.54, 1.807) is 0 Å². The largest absolute Gasteiger partial charge is 0.357 e. The number of nitrogens with one attached hydrogen (secondary N) is 2. The normalized spacial score (nSPS) is 10.5. The third-order valence-electron chi connectivity index (χ3n) is 3.50. The topological polar surface area (TPSA) is 39.7 Å². The first-order valence-corrected chi connectivity index (χ1v) is 8.06. The Kier molecular flexibility index (Phi) is 8.51. The number of hydrogen-bond acceptors (Lipinski definition) is 2. The fourth-order valence-electron chi connectivity index (χ4n) is 2.23. The highest BCUT2D eigenvalue weighted by Crippen LogP contribution is 2.13. The van der Waals surface area contributed by atoms with Crippen LogP contribution in [0.2, 0.25) is 0 Å². The van der Waals surface area contributed by atoms with Crippen molar-refractivity contribution in [1.82, 2.24) is 15.5 Å². The molecule has 0 saturated carbocycles. The Balaban J connectivity index is 2.80. The standard InChI is InChI=1S/C17H30N4/c1-5-18-17(19-6-2)20-13-15-11-9-10-12-16(15)14-21(7-3)8-4/h9-12H,5-8,13-14H2,1-4H3,(H2,18,19,20). The van der Waals surface area contributed by atoms with Gasteiger partial charge in [-0.1, -0.05) is 38.1 Å². The van der Waals surface area contributed by atoms with Crippen molar-refractivity contribution < 1.29 is 0 Å². The molecule has 0 aliphatic carbocycles. The molecule has 0 unspecified atom stereocenters. The summed E-state index contributed by atoms with van der Waals surface area (Å²) >= 11 is 0. The van der Waals surface area contributed by atoms with Gasteiger partial charge in [0.1, 0.15) is 0 Å². The molecule has 1 aromatic carbocycles. The Morgan fingerprint density at radius 1 is 0.952 bits per heavy atom. The number of nitrogens with zero attached hydrogens (tertiary/aromatic N) is 2. The molecule has 1 aromatic rings. The molecular formula is C17H30N4. The van der Waals surface area contributed by atoms with Gasteiger partial charge in [0, 0.05) is 19.6 Å². The molecule has 0 bridgehead atoms. The molecule has 0 aromatic heterocycles. The molecule has 2 N–H and O–H groups in total. The van der Waals surface area contributed by atoms with Gasteiger partial charge in [0.25, 0.3) is 0 Å². The minimum absolute atomic E-state index is 0.715. The van der Waals surface area contributed by atoms with Crippen molar-refractivity contribution in [3.8, 4) is 0 Å². The predicted molar refractivity (Wildman–Crippen MR) is 91.6 cm³/mol. The third-order valence-corrected chi connectivity index (χ3v) is 3.50. The van der Waals surface area contributed by atoms with Crippen LogP contribution < -0.4 is 10.6 Å². The molecule has 0 spiro atoms. The molecule has 0 amide bonds. The van der Waals surface area contributed by atoms with Gasteiger partial charge < -0.3 is 10.6 Å². The third kappa shape index (κ3) is 6.17. The van der Waals surface area contributed by atoms with Crippen molar-refractivity contribution in [2.45, 2.75) is 40.8 Å². The number of rotatable bonds is 8. The maximum Gasteiger partial charge on any atom is 0.191 e. The fraction of sp³-hybridized carbons (Fsp3) is 0.588. The quantitative estimate of drug-likeness (QED) is 0.571. The highest BCUT2D eigenvalue weighted by atomic mass is 15.2. The van der Waals surface area contributed by atoms with Crippen LogP contribution in [0.15, 0.2) is 29.3 Å². The Hall–Kier alpha value is -1.55. The van der Waals surface area contributed by atoms with E-state index in [1.807, 2.05) is 0 Å². The molecule has 4 nitrogen and oxygen atoms in total. The average Bonchev–Trinajstić information content (AvgIpc) is 2.51. The van der Waals surface area contributed by atoms with Crippen LogP contribution in [-0.4, -0.2) is 37.0 Å². The van der Waals surface area contributed by atoms with Crippen molar-refractivity contribution in [2.75, 3.05) is 26.2 Å². The molecule has 0 heterocycles. The van der Waals surface area contributed by atoms with Gasteiger partial charge in [-0.25, -0.2) is 4.99 Å². The van der Waals surface area contributed by atoms with E-state index < -0.39 is 0 Å². The summed E-state index contributed by atoms with van der Waals surface area (Å²) < 4.78 is 0. The van der Waals surface area contributed by atoms with Crippen molar-refractivity contribution in [3.63, 3.8) is 0 Å². The monoisotopic (exact) mass is 290 g/mol. The minimum Gasteiger partial charge on any atom is -0.357 e. The molecule has 0 fully saturated rings. The van der Waals surface area contributed by atoms with Crippen LogP contribution in [0, 0.1) is 0 Å². The molecule has 118 valence electrons. The maximum atomic E-state index is 4.67. The first-order chi connectivity index (χ1) is 10.2. The molecule has 0 aliphatic rings. The maximum absolute atomic E-state index is 4.67. The zero-order valence-corrected chi connectivity index (χ0v) is 13.9. The number of guanidine groups is 1. The molecule has 4 heteroatoms. The van der Waals surface area contributed by atoms with E-state index in [2.05, 4.69) is 72.5 Å². The van der Waals surface area contributed by atoms with Crippen LogP contribution in [0.3, 0.4) is 0 Å². The molecule has 0 atom stereocenters. The van der Waals surface area contributed by atoms with Crippen LogP contribution in [0.25, 0.3) is 0 Å². The Bertz CT molecular complexity index is 417. The lowest BCUT2D eigenvalue weighted by atomic mass is 10.1. The van der Waals surface area contributed by atoms with E-state index >= 15 is 0 Å². The van der Waals surface area contributed by atoms with Gasteiger partial charge in [0.15, 0.2) is 5.96 Å². The van der Waals surface area contributed by atoms with Crippen LogP contribution in [0.4, 0.5) is 0 Å². The van der Waals surface area contributed by atoms with Crippen molar-refractivity contribution in [2.24, 2.45) is 4.99 Å². The van der Waals surface area contributed by atoms with Gasteiger partial charge >= 0.3 is 0 Å².